The van der Waals surface area contributed by atoms with Gasteiger partial charge < -0.3 is 25.2 Å². The monoisotopic (exact) mass is 630 g/mol. The van der Waals surface area contributed by atoms with E-state index in [-0.39, 0.29) is 29.7 Å². The molecular formula is C28H33F3N10O4. The molecule has 3 aromatic heterocycles. The van der Waals surface area contributed by atoms with Gasteiger partial charge in [-0.15, -0.1) is 5.10 Å². The van der Waals surface area contributed by atoms with Crippen LogP contribution in [0.3, 0.4) is 0 Å². The van der Waals surface area contributed by atoms with Crippen molar-refractivity contribution in [2.24, 2.45) is 0 Å². The number of rotatable bonds is 8. The number of ether oxygens (including phenoxy) is 1. The SMILES string of the molecule is C=CC(=O)NCC(=O)N1CCN(Cc2cc3c(N4CCOCC4)nc(-c4cnc(NC(=O)NC)cc4C(F)(F)F)nn3c2)CC1. The van der Waals surface area contributed by atoms with Crippen LogP contribution in [0.2, 0.25) is 0 Å². The number of urea groups is 1. The Morgan fingerprint density at radius 3 is 2.49 bits per heavy atom. The number of alkyl halides is 3. The van der Waals surface area contributed by atoms with E-state index in [1.807, 2.05) is 11.0 Å². The van der Waals surface area contributed by atoms with Crippen molar-refractivity contribution in [3.63, 3.8) is 0 Å². The van der Waals surface area contributed by atoms with E-state index < -0.39 is 23.7 Å². The van der Waals surface area contributed by atoms with Gasteiger partial charge in [0.25, 0.3) is 0 Å². The molecule has 0 saturated carbocycles. The molecule has 0 spiro atoms. The average Bonchev–Trinajstić information content (AvgIpc) is 3.45. The summed E-state index contributed by atoms with van der Waals surface area (Å²) < 4.78 is 49.7. The first-order chi connectivity index (χ1) is 21.5. The fraction of sp³-hybridized carbons (Fsp3) is 0.429. The van der Waals surface area contributed by atoms with Crippen molar-refractivity contribution in [3.05, 3.63) is 48.3 Å². The van der Waals surface area contributed by atoms with Crippen molar-refractivity contribution < 1.29 is 32.3 Å². The Morgan fingerprint density at radius 2 is 1.82 bits per heavy atom. The van der Waals surface area contributed by atoms with Crippen LogP contribution in [0, 0.1) is 0 Å². The first kappa shape index (κ1) is 31.6. The lowest BCUT2D eigenvalue weighted by molar-refractivity contribution is -0.137. The molecule has 2 aliphatic rings. The summed E-state index contributed by atoms with van der Waals surface area (Å²) in [6, 6.07) is 1.96. The molecule has 5 heterocycles. The van der Waals surface area contributed by atoms with Crippen LogP contribution in [0.15, 0.2) is 37.2 Å². The second kappa shape index (κ2) is 13.5. The molecule has 17 heteroatoms. The number of hydrogen-bond donors (Lipinski definition) is 3. The van der Waals surface area contributed by atoms with Crippen LogP contribution in [0.4, 0.5) is 29.6 Å². The number of hydrogen-bond acceptors (Lipinski definition) is 9. The second-order valence-corrected chi connectivity index (χ2v) is 10.4. The molecule has 240 valence electrons. The summed E-state index contributed by atoms with van der Waals surface area (Å²) in [6.07, 6.45) is -0.904. The van der Waals surface area contributed by atoms with Crippen LogP contribution >= 0.6 is 0 Å². The summed E-state index contributed by atoms with van der Waals surface area (Å²) in [4.78, 5) is 49.9. The largest absolute Gasteiger partial charge is 0.417 e. The highest BCUT2D eigenvalue weighted by atomic mass is 19.4. The fourth-order valence-corrected chi connectivity index (χ4v) is 5.12. The molecule has 2 saturated heterocycles. The molecule has 3 aromatic rings. The van der Waals surface area contributed by atoms with Crippen LogP contribution in [0.1, 0.15) is 11.1 Å². The summed E-state index contributed by atoms with van der Waals surface area (Å²) in [5, 5.41) is 11.5. The molecule has 45 heavy (non-hydrogen) atoms. The number of aromatic nitrogens is 4. The predicted molar refractivity (Wildman–Crippen MR) is 157 cm³/mol. The Morgan fingerprint density at radius 1 is 1.09 bits per heavy atom. The maximum absolute atomic E-state index is 14.2. The van der Waals surface area contributed by atoms with Crippen LogP contribution in [-0.2, 0) is 27.0 Å². The van der Waals surface area contributed by atoms with Gasteiger partial charge in [0, 0.05) is 65.3 Å². The number of halogens is 3. The lowest BCUT2D eigenvalue weighted by atomic mass is 10.1. The van der Waals surface area contributed by atoms with Crippen molar-refractivity contribution in [1.29, 1.82) is 0 Å². The highest BCUT2D eigenvalue weighted by Crippen LogP contribution is 2.38. The van der Waals surface area contributed by atoms with Gasteiger partial charge in [-0.1, -0.05) is 6.58 Å². The number of pyridine rings is 1. The Hall–Kier alpha value is -4.77. The highest BCUT2D eigenvalue weighted by molar-refractivity contribution is 5.91. The molecule has 5 rings (SSSR count). The minimum atomic E-state index is -4.78. The Bertz CT molecular complexity index is 1580. The van der Waals surface area contributed by atoms with Gasteiger partial charge in [0.2, 0.25) is 11.8 Å². The van der Waals surface area contributed by atoms with Crippen molar-refractivity contribution in [3.8, 4) is 11.4 Å². The standard InChI is InChI=1S/C28H33F3N10O4/c1-3-23(42)34-15-24(43)39-6-4-38(5-7-39)16-18-12-21-26(40-8-10-45-11-9-40)36-25(37-41(21)17-18)19-14-33-22(35-27(44)32-2)13-20(19)28(29,30)31/h3,12-14,17H,1,4-11,15-16H2,2H3,(H,34,42)(H2,32,33,35,44). The van der Waals surface area contributed by atoms with E-state index in [2.05, 4.69) is 42.5 Å². The molecular weight excluding hydrogens is 597 g/mol. The topological polar surface area (TPSA) is 149 Å². The lowest BCUT2D eigenvalue weighted by Gasteiger charge is -2.34. The van der Waals surface area contributed by atoms with Crippen LogP contribution in [0.25, 0.3) is 16.9 Å². The van der Waals surface area contributed by atoms with E-state index in [4.69, 9.17) is 4.74 Å². The maximum Gasteiger partial charge on any atom is 0.417 e. The number of fused-ring (bicyclic) bond motifs is 1. The molecule has 0 bridgehead atoms. The molecule has 0 radical (unpaired) electrons. The number of piperazine rings is 1. The van der Waals surface area contributed by atoms with Crippen molar-refractivity contribution in [2.75, 3.05) is 76.3 Å². The van der Waals surface area contributed by atoms with Crippen LogP contribution in [0.5, 0.6) is 0 Å². The third-order valence-corrected chi connectivity index (χ3v) is 7.46. The third-order valence-electron chi connectivity index (χ3n) is 7.46. The van der Waals surface area contributed by atoms with Gasteiger partial charge >= 0.3 is 12.2 Å². The molecule has 0 aromatic carbocycles. The number of morpholine rings is 1. The van der Waals surface area contributed by atoms with Gasteiger partial charge in [-0.25, -0.2) is 19.3 Å². The lowest BCUT2D eigenvalue weighted by Crippen LogP contribution is -2.50. The van der Waals surface area contributed by atoms with E-state index in [1.54, 1.807) is 11.1 Å². The van der Waals surface area contributed by atoms with Gasteiger partial charge in [-0.2, -0.15) is 13.2 Å². The first-order valence-corrected chi connectivity index (χ1v) is 14.2. The number of amides is 4. The number of carbonyl (C=O) groups is 3. The van der Waals surface area contributed by atoms with Gasteiger partial charge in [0.15, 0.2) is 11.6 Å². The zero-order valence-corrected chi connectivity index (χ0v) is 24.6. The Kier molecular flexibility index (Phi) is 9.48. The number of nitrogens with one attached hydrogen (secondary N) is 3. The minimum absolute atomic E-state index is 0.0973. The van der Waals surface area contributed by atoms with Crippen molar-refractivity contribution >= 4 is 35.0 Å². The summed E-state index contributed by atoms with van der Waals surface area (Å²) in [6.45, 7) is 7.82. The fourth-order valence-electron chi connectivity index (χ4n) is 5.12. The van der Waals surface area contributed by atoms with Gasteiger partial charge in [0.1, 0.15) is 11.3 Å². The van der Waals surface area contributed by atoms with E-state index in [0.717, 1.165) is 23.9 Å². The van der Waals surface area contributed by atoms with E-state index >= 15 is 0 Å². The Balaban J connectivity index is 1.42. The summed E-state index contributed by atoms with van der Waals surface area (Å²) >= 11 is 0. The van der Waals surface area contributed by atoms with E-state index in [0.29, 0.717) is 70.4 Å². The van der Waals surface area contributed by atoms with Gasteiger partial charge in [-0.3, -0.25) is 19.8 Å². The average molecular weight is 631 g/mol. The van der Waals surface area contributed by atoms with E-state index in [1.165, 1.54) is 11.6 Å². The van der Waals surface area contributed by atoms with Crippen LogP contribution in [-0.4, -0.2) is 113 Å². The first-order valence-electron chi connectivity index (χ1n) is 14.2. The van der Waals surface area contributed by atoms with E-state index in [9.17, 15) is 27.6 Å². The van der Waals surface area contributed by atoms with Gasteiger partial charge in [0.05, 0.1) is 30.9 Å². The zero-order chi connectivity index (χ0) is 32.1. The number of nitrogens with zero attached hydrogens (tertiary/aromatic N) is 7. The summed E-state index contributed by atoms with van der Waals surface area (Å²) in [5.74, 6) is -0.569. The molecule has 2 fully saturated rings. The molecule has 4 amide bonds. The summed E-state index contributed by atoms with van der Waals surface area (Å²) in [7, 11) is 1.34. The van der Waals surface area contributed by atoms with Crippen LogP contribution < -0.4 is 20.9 Å². The van der Waals surface area contributed by atoms with Crippen molar-refractivity contribution in [2.45, 2.75) is 12.7 Å². The molecule has 0 aliphatic carbocycles. The van der Waals surface area contributed by atoms with Crippen molar-refractivity contribution in [1.82, 2.24) is 40.0 Å². The maximum atomic E-state index is 14.2. The number of anilines is 2. The molecule has 14 nitrogen and oxygen atoms in total. The number of carbonyl (C=O) groups excluding carboxylic acids is 3. The van der Waals surface area contributed by atoms with Gasteiger partial charge in [-0.05, 0) is 23.8 Å². The molecule has 0 atom stereocenters. The summed E-state index contributed by atoms with van der Waals surface area (Å²) in [5.41, 5.74) is 0.122. The smallest absolute Gasteiger partial charge is 0.378 e. The Labute approximate surface area is 256 Å². The zero-order valence-electron chi connectivity index (χ0n) is 24.6. The highest BCUT2D eigenvalue weighted by Gasteiger charge is 2.36. The quantitative estimate of drug-likeness (QED) is 0.314. The third kappa shape index (κ3) is 7.49. The second-order valence-electron chi connectivity index (χ2n) is 10.4. The predicted octanol–water partition coefficient (Wildman–Crippen LogP) is 1.34. The minimum Gasteiger partial charge on any atom is -0.378 e. The normalized spacial score (nSPS) is 16.0. The molecule has 3 N–H and O–H groups in total. The molecule has 0 unspecified atom stereocenters. The molecule has 2 aliphatic heterocycles.